The highest BCUT2D eigenvalue weighted by molar-refractivity contribution is 6.65. The van der Waals surface area contributed by atoms with Crippen molar-refractivity contribution in [1.82, 2.24) is 10.3 Å². The van der Waals surface area contributed by atoms with Crippen LogP contribution in [0.5, 0.6) is 0 Å². The van der Waals surface area contributed by atoms with Crippen molar-refractivity contribution in [3.8, 4) is 6.07 Å². The number of hydrazine groups is 1. The summed E-state index contributed by atoms with van der Waals surface area (Å²) in [5.74, 6) is 5.81. The van der Waals surface area contributed by atoms with Crippen LogP contribution < -0.4 is 11.2 Å². The molecule has 1 heterocycles. The summed E-state index contributed by atoms with van der Waals surface area (Å²) in [5.41, 5.74) is 0. The standard InChI is InChI=1S/C10H17ClN6/c1-4-7(5-12)8-15-9(11)17(13)10(16-8)14-6(2)3/h6-7,10,14H,4,13H2,1-3H3. The molecule has 7 heteroatoms. The molecule has 0 radical (unpaired) electrons. The van der Waals surface area contributed by atoms with E-state index in [-0.39, 0.29) is 17.3 Å². The van der Waals surface area contributed by atoms with Gasteiger partial charge in [-0.2, -0.15) is 5.26 Å². The Morgan fingerprint density at radius 3 is 2.76 bits per heavy atom. The third kappa shape index (κ3) is 3.40. The molecule has 0 aromatic heterocycles. The van der Waals surface area contributed by atoms with Gasteiger partial charge in [0.15, 0.2) is 6.29 Å². The van der Waals surface area contributed by atoms with Crippen LogP contribution in [0.2, 0.25) is 0 Å². The maximum absolute atomic E-state index is 8.99. The molecule has 0 saturated carbocycles. The van der Waals surface area contributed by atoms with Crippen LogP contribution in [0.4, 0.5) is 0 Å². The normalized spacial score (nSPS) is 21.9. The summed E-state index contributed by atoms with van der Waals surface area (Å²) in [6.07, 6.45) is 0.166. The lowest BCUT2D eigenvalue weighted by Crippen LogP contribution is -2.54. The molecular weight excluding hydrogens is 240 g/mol. The Kier molecular flexibility index (Phi) is 4.87. The summed E-state index contributed by atoms with van der Waals surface area (Å²) >= 11 is 5.92. The molecule has 6 nitrogen and oxygen atoms in total. The third-order valence-electron chi connectivity index (χ3n) is 2.30. The highest BCUT2D eigenvalue weighted by atomic mass is 35.5. The second-order valence-corrected chi connectivity index (χ2v) is 4.40. The van der Waals surface area contributed by atoms with Gasteiger partial charge in [-0.05, 0) is 31.9 Å². The molecule has 0 aromatic carbocycles. The summed E-state index contributed by atoms with van der Waals surface area (Å²) in [6.45, 7) is 5.86. The molecule has 1 aliphatic heterocycles. The molecule has 2 unspecified atom stereocenters. The summed E-state index contributed by atoms with van der Waals surface area (Å²) in [4.78, 5) is 8.34. The van der Waals surface area contributed by atoms with Crippen LogP contribution in [0, 0.1) is 17.2 Å². The number of amidine groups is 2. The number of nitrogens with two attached hydrogens (primary N) is 1. The summed E-state index contributed by atoms with van der Waals surface area (Å²) in [7, 11) is 0. The van der Waals surface area contributed by atoms with Gasteiger partial charge in [0.05, 0.1) is 6.07 Å². The van der Waals surface area contributed by atoms with Gasteiger partial charge in [-0.25, -0.2) is 20.8 Å². The zero-order valence-electron chi connectivity index (χ0n) is 10.2. The Morgan fingerprint density at radius 2 is 2.29 bits per heavy atom. The van der Waals surface area contributed by atoms with Crippen molar-refractivity contribution in [2.75, 3.05) is 0 Å². The van der Waals surface area contributed by atoms with Gasteiger partial charge >= 0.3 is 0 Å². The monoisotopic (exact) mass is 256 g/mol. The first-order valence-corrected chi connectivity index (χ1v) is 5.88. The molecule has 3 N–H and O–H groups in total. The third-order valence-corrected chi connectivity index (χ3v) is 2.58. The van der Waals surface area contributed by atoms with Crippen molar-refractivity contribution < 1.29 is 0 Å². The predicted molar refractivity (Wildman–Crippen MR) is 68.2 cm³/mol. The fraction of sp³-hybridized carbons (Fsp3) is 0.700. The van der Waals surface area contributed by atoms with Crippen LogP contribution >= 0.6 is 11.6 Å². The van der Waals surface area contributed by atoms with Crippen LogP contribution in [0.3, 0.4) is 0 Å². The SMILES string of the molecule is CCC(C#N)C1=NC(NC(C)C)N(N)C(Cl)=N1. The Morgan fingerprint density at radius 1 is 1.65 bits per heavy atom. The molecule has 0 fully saturated rings. The predicted octanol–water partition coefficient (Wildman–Crippen LogP) is 1.00. The van der Waals surface area contributed by atoms with Crippen molar-refractivity contribution >= 4 is 22.7 Å². The van der Waals surface area contributed by atoms with Crippen molar-refractivity contribution in [3.05, 3.63) is 0 Å². The second kappa shape index (κ2) is 5.96. The van der Waals surface area contributed by atoms with Gasteiger partial charge in [0.2, 0.25) is 5.29 Å². The molecular formula is C10H17ClN6. The smallest absolute Gasteiger partial charge is 0.217 e. The first kappa shape index (κ1) is 13.9. The lowest BCUT2D eigenvalue weighted by atomic mass is 10.1. The van der Waals surface area contributed by atoms with E-state index in [4.69, 9.17) is 22.7 Å². The molecule has 0 spiro atoms. The number of halogens is 1. The maximum atomic E-state index is 8.99. The van der Waals surface area contributed by atoms with E-state index in [1.54, 1.807) is 0 Å². The van der Waals surface area contributed by atoms with Gasteiger partial charge in [0.1, 0.15) is 11.8 Å². The lowest BCUT2D eigenvalue weighted by molar-refractivity contribution is 0.261. The summed E-state index contributed by atoms with van der Waals surface area (Å²) in [5, 5.41) is 13.5. The minimum absolute atomic E-state index is 0.141. The average Bonchev–Trinajstić information content (AvgIpc) is 2.26. The largest absolute Gasteiger partial charge is 0.275 e. The van der Waals surface area contributed by atoms with Crippen molar-refractivity contribution in [1.29, 1.82) is 5.26 Å². The van der Waals surface area contributed by atoms with E-state index in [1.807, 2.05) is 20.8 Å². The van der Waals surface area contributed by atoms with Gasteiger partial charge in [0, 0.05) is 6.04 Å². The highest BCUT2D eigenvalue weighted by Crippen LogP contribution is 2.14. The number of nitrogens with zero attached hydrogens (tertiary/aromatic N) is 4. The van der Waals surface area contributed by atoms with E-state index in [1.165, 1.54) is 5.01 Å². The van der Waals surface area contributed by atoms with Gasteiger partial charge in [-0.1, -0.05) is 6.92 Å². The van der Waals surface area contributed by atoms with Gasteiger partial charge in [-0.15, -0.1) is 0 Å². The zero-order valence-corrected chi connectivity index (χ0v) is 10.9. The average molecular weight is 257 g/mol. The fourth-order valence-electron chi connectivity index (χ4n) is 1.38. The number of aliphatic imine (C=N–C) groups is 2. The van der Waals surface area contributed by atoms with Crippen LogP contribution in [0.25, 0.3) is 0 Å². The summed E-state index contributed by atoms with van der Waals surface area (Å²) in [6, 6.07) is 2.34. The molecule has 0 bridgehead atoms. The topological polar surface area (TPSA) is 89.8 Å². The lowest BCUT2D eigenvalue weighted by Gasteiger charge is -2.30. The molecule has 17 heavy (non-hydrogen) atoms. The van der Waals surface area contributed by atoms with E-state index >= 15 is 0 Å². The molecule has 2 atom stereocenters. The summed E-state index contributed by atoms with van der Waals surface area (Å²) < 4.78 is 0. The number of hydrogen-bond donors (Lipinski definition) is 2. The number of nitrogens with one attached hydrogen (secondary N) is 1. The first-order chi connectivity index (χ1) is 7.99. The molecule has 0 saturated heterocycles. The van der Waals surface area contributed by atoms with E-state index in [0.29, 0.717) is 12.3 Å². The zero-order chi connectivity index (χ0) is 13.0. The van der Waals surface area contributed by atoms with Crippen LogP contribution in [-0.4, -0.2) is 28.5 Å². The van der Waals surface area contributed by atoms with Crippen LogP contribution in [-0.2, 0) is 0 Å². The van der Waals surface area contributed by atoms with Gasteiger partial charge < -0.3 is 0 Å². The Bertz CT molecular complexity index is 369. The maximum Gasteiger partial charge on any atom is 0.217 e. The quantitative estimate of drug-likeness (QED) is 0.580. The molecule has 0 aromatic rings. The number of hydrogen-bond acceptors (Lipinski definition) is 6. The van der Waals surface area contributed by atoms with E-state index < -0.39 is 6.29 Å². The van der Waals surface area contributed by atoms with E-state index in [2.05, 4.69) is 21.4 Å². The molecule has 94 valence electrons. The highest BCUT2D eigenvalue weighted by Gasteiger charge is 2.26. The van der Waals surface area contributed by atoms with Gasteiger partial charge in [-0.3, -0.25) is 5.32 Å². The van der Waals surface area contributed by atoms with Crippen LogP contribution in [0.1, 0.15) is 27.2 Å². The van der Waals surface area contributed by atoms with Crippen molar-refractivity contribution in [3.63, 3.8) is 0 Å². The Hall–Kier alpha value is -1.16. The van der Waals surface area contributed by atoms with Crippen molar-refractivity contribution in [2.45, 2.75) is 39.5 Å². The van der Waals surface area contributed by atoms with E-state index in [0.717, 1.165) is 0 Å². The molecule has 0 aliphatic carbocycles. The first-order valence-electron chi connectivity index (χ1n) is 5.51. The number of rotatable bonds is 4. The minimum Gasteiger partial charge on any atom is -0.275 e. The molecule has 1 rings (SSSR count). The Labute approximate surface area is 106 Å². The van der Waals surface area contributed by atoms with Gasteiger partial charge in [0.25, 0.3) is 0 Å². The molecule has 0 amide bonds. The minimum atomic E-state index is -0.475. The van der Waals surface area contributed by atoms with E-state index in [9.17, 15) is 0 Å². The Balaban J connectivity index is 2.94. The second-order valence-electron chi connectivity index (χ2n) is 4.06. The van der Waals surface area contributed by atoms with Crippen LogP contribution in [0.15, 0.2) is 9.98 Å². The fourth-order valence-corrected chi connectivity index (χ4v) is 1.56. The van der Waals surface area contributed by atoms with Crippen molar-refractivity contribution in [2.24, 2.45) is 21.7 Å². The number of nitriles is 1. The molecule has 1 aliphatic rings.